The van der Waals surface area contributed by atoms with Gasteiger partial charge in [-0.2, -0.15) is 0 Å². The van der Waals surface area contributed by atoms with Crippen LogP contribution in [0.4, 0.5) is 0 Å². The second kappa shape index (κ2) is 7.58. The predicted octanol–water partition coefficient (Wildman–Crippen LogP) is 2.16. The van der Waals surface area contributed by atoms with Crippen LogP contribution in [0, 0.1) is 0 Å². The van der Waals surface area contributed by atoms with E-state index in [0.717, 1.165) is 30.7 Å². The first-order chi connectivity index (χ1) is 8.71. The molecule has 0 bridgehead atoms. The number of carbonyl (C=O) groups is 1. The van der Waals surface area contributed by atoms with Crippen molar-refractivity contribution in [1.82, 2.24) is 5.32 Å². The molecule has 1 rings (SSSR count). The van der Waals surface area contributed by atoms with Crippen molar-refractivity contribution in [3.63, 3.8) is 0 Å². The summed E-state index contributed by atoms with van der Waals surface area (Å²) < 4.78 is 10.4. The molecule has 18 heavy (non-hydrogen) atoms. The number of ether oxygens (including phenoxy) is 2. The minimum atomic E-state index is 0.0203. The SMILES string of the molecule is CCCCNC(=O)Cc1ccc(OC)cc1OC. The van der Waals surface area contributed by atoms with Gasteiger partial charge in [0.15, 0.2) is 0 Å². The molecule has 0 aliphatic carbocycles. The van der Waals surface area contributed by atoms with Crippen LogP contribution in [0.15, 0.2) is 18.2 Å². The Kier molecular flexibility index (Phi) is 6.05. The van der Waals surface area contributed by atoms with Crippen molar-refractivity contribution in [2.45, 2.75) is 26.2 Å². The summed E-state index contributed by atoms with van der Waals surface area (Å²) in [6.45, 7) is 2.83. The fourth-order valence-electron chi connectivity index (χ4n) is 1.64. The Morgan fingerprint density at radius 3 is 2.67 bits per heavy atom. The third kappa shape index (κ3) is 4.28. The molecule has 0 aliphatic rings. The Labute approximate surface area is 108 Å². The Hall–Kier alpha value is -1.71. The van der Waals surface area contributed by atoms with E-state index in [1.54, 1.807) is 20.3 Å². The monoisotopic (exact) mass is 251 g/mol. The molecule has 4 heteroatoms. The Bertz CT molecular complexity index is 391. The largest absolute Gasteiger partial charge is 0.497 e. The van der Waals surface area contributed by atoms with Crippen molar-refractivity contribution >= 4 is 5.91 Å². The van der Waals surface area contributed by atoms with E-state index in [0.29, 0.717) is 12.2 Å². The number of hydrogen-bond donors (Lipinski definition) is 1. The van der Waals surface area contributed by atoms with Gasteiger partial charge < -0.3 is 14.8 Å². The van der Waals surface area contributed by atoms with Crippen LogP contribution < -0.4 is 14.8 Å². The van der Waals surface area contributed by atoms with Crippen LogP contribution in [0.1, 0.15) is 25.3 Å². The smallest absolute Gasteiger partial charge is 0.224 e. The quantitative estimate of drug-likeness (QED) is 0.755. The van der Waals surface area contributed by atoms with Crippen molar-refractivity contribution < 1.29 is 14.3 Å². The zero-order chi connectivity index (χ0) is 13.4. The van der Waals surface area contributed by atoms with Gasteiger partial charge >= 0.3 is 0 Å². The maximum absolute atomic E-state index is 11.7. The maximum atomic E-state index is 11.7. The molecule has 0 radical (unpaired) electrons. The van der Waals surface area contributed by atoms with E-state index in [1.165, 1.54) is 0 Å². The zero-order valence-electron chi connectivity index (χ0n) is 11.3. The summed E-state index contributed by atoms with van der Waals surface area (Å²) in [6, 6.07) is 5.48. The summed E-state index contributed by atoms with van der Waals surface area (Å²) in [5, 5.41) is 2.89. The first-order valence-electron chi connectivity index (χ1n) is 6.18. The standard InChI is InChI=1S/C14H21NO3/c1-4-5-8-15-14(16)9-11-6-7-12(17-2)10-13(11)18-3/h6-7,10H,4-5,8-9H2,1-3H3,(H,15,16). The van der Waals surface area contributed by atoms with Crippen molar-refractivity contribution in [1.29, 1.82) is 0 Å². The van der Waals surface area contributed by atoms with E-state index in [4.69, 9.17) is 9.47 Å². The number of methoxy groups -OCH3 is 2. The highest BCUT2D eigenvalue weighted by molar-refractivity contribution is 5.79. The Balaban J connectivity index is 2.63. The second-order valence-corrected chi connectivity index (χ2v) is 4.06. The summed E-state index contributed by atoms with van der Waals surface area (Å²) in [6.07, 6.45) is 2.41. The fraction of sp³-hybridized carbons (Fsp3) is 0.500. The average molecular weight is 251 g/mol. The van der Waals surface area contributed by atoms with Crippen LogP contribution in [0.5, 0.6) is 11.5 Å². The van der Waals surface area contributed by atoms with Gasteiger partial charge in [0.25, 0.3) is 0 Å². The van der Waals surface area contributed by atoms with Crippen LogP contribution in [0.3, 0.4) is 0 Å². The molecule has 100 valence electrons. The summed E-state index contributed by atoms with van der Waals surface area (Å²) in [5.74, 6) is 1.42. The first kappa shape index (κ1) is 14.4. The number of rotatable bonds is 7. The number of benzene rings is 1. The lowest BCUT2D eigenvalue weighted by molar-refractivity contribution is -0.120. The maximum Gasteiger partial charge on any atom is 0.224 e. The van der Waals surface area contributed by atoms with E-state index in [-0.39, 0.29) is 5.91 Å². The highest BCUT2D eigenvalue weighted by Crippen LogP contribution is 2.24. The molecule has 0 saturated heterocycles. The summed E-state index contributed by atoms with van der Waals surface area (Å²) in [5.41, 5.74) is 0.868. The van der Waals surface area contributed by atoms with E-state index in [2.05, 4.69) is 12.2 Å². The number of nitrogens with one attached hydrogen (secondary N) is 1. The highest BCUT2D eigenvalue weighted by atomic mass is 16.5. The molecule has 0 heterocycles. The van der Waals surface area contributed by atoms with Gasteiger partial charge in [-0.1, -0.05) is 19.4 Å². The van der Waals surface area contributed by atoms with Gasteiger partial charge in [0.1, 0.15) is 11.5 Å². The molecule has 1 aromatic rings. The van der Waals surface area contributed by atoms with Gasteiger partial charge in [-0.15, -0.1) is 0 Å². The molecular formula is C14H21NO3. The second-order valence-electron chi connectivity index (χ2n) is 4.06. The predicted molar refractivity (Wildman–Crippen MR) is 71.2 cm³/mol. The molecule has 0 spiro atoms. The Morgan fingerprint density at radius 2 is 2.06 bits per heavy atom. The van der Waals surface area contributed by atoms with Gasteiger partial charge in [0, 0.05) is 18.2 Å². The van der Waals surface area contributed by atoms with Crippen molar-refractivity contribution in [2.75, 3.05) is 20.8 Å². The van der Waals surface area contributed by atoms with Crippen LogP contribution in [-0.2, 0) is 11.2 Å². The normalized spacial score (nSPS) is 9.94. The van der Waals surface area contributed by atoms with Crippen molar-refractivity contribution in [3.05, 3.63) is 23.8 Å². The lowest BCUT2D eigenvalue weighted by Gasteiger charge is -2.10. The minimum Gasteiger partial charge on any atom is -0.497 e. The van der Waals surface area contributed by atoms with E-state index < -0.39 is 0 Å². The van der Waals surface area contributed by atoms with Gasteiger partial charge in [-0.25, -0.2) is 0 Å². The van der Waals surface area contributed by atoms with Gasteiger partial charge in [-0.05, 0) is 12.5 Å². The lowest BCUT2D eigenvalue weighted by Crippen LogP contribution is -2.26. The molecule has 0 aliphatic heterocycles. The van der Waals surface area contributed by atoms with Gasteiger partial charge in [-0.3, -0.25) is 4.79 Å². The number of amides is 1. The lowest BCUT2D eigenvalue weighted by atomic mass is 10.1. The number of hydrogen-bond acceptors (Lipinski definition) is 3. The molecule has 0 unspecified atom stereocenters. The molecule has 0 aromatic heterocycles. The average Bonchev–Trinajstić information content (AvgIpc) is 2.39. The molecule has 0 saturated carbocycles. The van der Waals surface area contributed by atoms with Gasteiger partial charge in [0.2, 0.25) is 5.91 Å². The Morgan fingerprint density at radius 1 is 1.28 bits per heavy atom. The first-order valence-corrected chi connectivity index (χ1v) is 6.18. The van der Waals surface area contributed by atoms with Crippen LogP contribution in [-0.4, -0.2) is 26.7 Å². The molecule has 0 atom stereocenters. The molecule has 1 N–H and O–H groups in total. The third-order valence-corrected chi connectivity index (χ3v) is 2.70. The van der Waals surface area contributed by atoms with Crippen LogP contribution >= 0.6 is 0 Å². The molecule has 1 amide bonds. The van der Waals surface area contributed by atoms with E-state index >= 15 is 0 Å². The molecule has 1 aromatic carbocycles. The van der Waals surface area contributed by atoms with Gasteiger partial charge in [0.05, 0.1) is 20.6 Å². The summed E-state index contributed by atoms with van der Waals surface area (Å²) >= 11 is 0. The molecule has 0 fully saturated rings. The van der Waals surface area contributed by atoms with Crippen LogP contribution in [0.25, 0.3) is 0 Å². The van der Waals surface area contributed by atoms with E-state index in [1.807, 2.05) is 12.1 Å². The third-order valence-electron chi connectivity index (χ3n) is 2.70. The zero-order valence-corrected chi connectivity index (χ0v) is 11.3. The highest BCUT2D eigenvalue weighted by Gasteiger charge is 2.09. The number of carbonyl (C=O) groups excluding carboxylic acids is 1. The van der Waals surface area contributed by atoms with Crippen molar-refractivity contribution in [2.24, 2.45) is 0 Å². The fourth-order valence-corrected chi connectivity index (χ4v) is 1.64. The summed E-state index contributed by atoms with van der Waals surface area (Å²) in [4.78, 5) is 11.7. The topological polar surface area (TPSA) is 47.6 Å². The molecular weight excluding hydrogens is 230 g/mol. The van der Waals surface area contributed by atoms with Crippen molar-refractivity contribution in [3.8, 4) is 11.5 Å². The minimum absolute atomic E-state index is 0.0203. The van der Waals surface area contributed by atoms with Crippen LogP contribution in [0.2, 0.25) is 0 Å². The molecule has 4 nitrogen and oxygen atoms in total. The summed E-state index contributed by atoms with van der Waals surface area (Å²) in [7, 11) is 3.19. The van der Waals surface area contributed by atoms with E-state index in [9.17, 15) is 4.79 Å². The number of unbranched alkanes of at least 4 members (excludes halogenated alkanes) is 1.